The number of benzene rings is 1. The summed E-state index contributed by atoms with van der Waals surface area (Å²) in [5, 5.41) is 0. The molecule has 1 aromatic heterocycles. The van der Waals surface area contributed by atoms with Crippen molar-refractivity contribution in [2.45, 2.75) is 33.4 Å². The summed E-state index contributed by atoms with van der Waals surface area (Å²) in [6.07, 6.45) is 3.05. The van der Waals surface area contributed by atoms with Gasteiger partial charge >= 0.3 is 0 Å². The van der Waals surface area contributed by atoms with Crippen molar-refractivity contribution < 1.29 is 9.30 Å². The maximum atomic E-state index is 5.69. The van der Waals surface area contributed by atoms with E-state index in [0.29, 0.717) is 13.2 Å². The van der Waals surface area contributed by atoms with E-state index in [4.69, 9.17) is 10.5 Å². The van der Waals surface area contributed by atoms with Gasteiger partial charge in [0.05, 0.1) is 19.7 Å². The van der Waals surface area contributed by atoms with Gasteiger partial charge in [0.2, 0.25) is 6.33 Å². The van der Waals surface area contributed by atoms with Crippen molar-refractivity contribution >= 4 is 11.0 Å². The van der Waals surface area contributed by atoms with Crippen LogP contribution in [0.2, 0.25) is 0 Å². The van der Waals surface area contributed by atoms with Crippen LogP contribution in [0.4, 0.5) is 0 Å². The van der Waals surface area contributed by atoms with E-state index in [2.05, 4.69) is 41.4 Å². The summed E-state index contributed by atoms with van der Waals surface area (Å²) in [6, 6.07) is 6.27. The van der Waals surface area contributed by atoms with Gasteiger partial charge in [0.1, 0.15) is 5.75 Å². The molecule has 0 aliphatic rings. The van der Waals surface area contributed by atoms with E-state index in [-0.39, 0.29) is 0 Å². The summed E-state index contributed by atoms with van der Waals surface area (Å²) in [4.78, 5) is 0. The summed E-state index contributed by atoms with van der Waals surface area (Å²) < 4.78 is 10.2. The van der Waals surface area contributed by atoms with Gasteiger partial charge in [-0.25, -0.2) is 9.13 Å². The first-order valence-electron chi connectivity index (χ1n) is 6.65. The Bertz CT molecular complexity index is 519. The van der Waals surface area contributed by atoms with E-state index in [1.807, 2.05) is 6.07 Å². The predicted octanol–water partition coefficient (Wildman–Crippen LogP) is 1.70. The van der Waals surface area contributed by atoms with Crippen LogP contribution in [0, 0.1) is 0 Å². The third-order valence-corrected chi connectivity index (χ3v) is 3.14. The van der Waals surface area contributed by atoms with Crippen LogP contribution >= 0.6 is 0 Å². The number of imidazole rings is 1. The van der Waals surface area contributed by atoms with Gasteiger partial charge in [0, 0.05) is 6.07 Å². The minimum atomic E-state index is 0.670. The van der Waals surface area contributed by atoms with E-state index < -0.39 is 0 Å². The lowest BCUT2D eigenvalue weighted by Crippen LogP contribution is -2.30. The van der Waals surface area contributed by atoms with Gasteiger partial charge in [-0.15, -0.1) is 0 Å². The number of nitrogens with two attached hydrogens (primary N) is 1. The van der Waals surface area contributed by atoms with E-state index in [0.717, 1.165) is 25.3 Å². The molecule has 0 saturated heterocycles. The molecular formula is C14H22N3O+. The highest BCUT2D eigenvalue weighted by Crippen LogP contribution is 2.19. The summed E-state index contributed by atoms with van der Waals surface area (Å²) in [7, 11) is 0. The molecule has 0 unspecified atom stereocenters. The SMILES string of the molecule is CCn1c[n+](CC)c2ccc(OCCCN)cc21. The Morgan fingerprint density at radius 1 is 1.33 bits per heavy atom. The van der Waals surface area contributed by atoms with Crippen molar-refractivity contribution in [3.8, 4) is 5.75 Å². The second-order valence-electron chi connectivity index (χ2n) is 4.33. The molecule has 1 aromatic carbocycles. The normalized spacial score (nSPS) is 11.1. The summed E-state index contributed by atoms with van der Waals surface area (Å²) in [5.74, 6) is 0.923. The first-order valence-corrected chi connectivity index (χ1v) is 6.65. The van der Waals surface area contributed by atoms with E-state index >= 15 is 0 Å². The molecule has 0 bridgehead atoms. The topological polar surface area (TPSA) is 44.1 Å². The standard InChI is InChI=1S/C14H22N3O/c1-3-16-11-17(4-2)14-10-12(6-7-13(14)16)18-9-5-8-15/h6-7,10-11H,3-5,8-9,15H2,1-2H3/q+1. The fourth-order valence-corrected chi connectivity index (χ4v) is 2.14. The van der Waals surface area contributed by atoms with Crippen LogP contribution in [0.15, 0.2) is 24.5 Å². The molecular weight excluding hydrogens is 226 g/mol. The zero-order chi connectivity index (χ0) is 13.0. The van der Waals surface area contributed by atoms with Crippen LogP contribution in [0.1, 0.15) is 20.3 Å². The third kappa shape index (κ3) is 2.48. The number of hydrogen-bond donors (Lipinski definition) is 1. The first-order chi connectivity index (χ1) is 8.80. The van der Waals surface area contributed by atoms with Gasteiger partial charge in [-0.3, -0.25) is 0 Å². The van der Waals surface area contributed by atoms with Crippen molar-refractivity contribution in [2.24, 2.45) is 5.73 Å². The van der Waals surface area contributed by atoms with Crippen LogP contribution in [0.25, 0.3) is 11.0 Å². The van der Waals surface area contributed by atoms with E-state index in [9.17, 15) is 0 Å². The Kier molecular flexibility index (Phi) is 4.20. The smallest absolute Gasteiger partial charge is 0.244 e. The molecule has 98 valence electrons. The molecule has 18 heavy (non-hydrogen) atoms. The fourth-order valence-electron chi connectivity index (χ4n) is 2.14. The molecule has 0 radical (unpaired) electrons. The number of hydrogen-bond acceptors (Lipinski definition) is 2. The quantitative estimate of drug-likeness (QED) is 0.624. The van der Waals surface area contributed by atoms with E-state index in [1.165, 1.54) is 11.0 Å². The second-order valence-corrected chi connectivity index (χ2v) is 4.33. The van der Waals surface area contributed by atoms with Crippen molar-refractivity contribution in [1.29, 1.82) is 0 Å². The lowest BCUT2D eigenvalue weighted by atomic mass is 10.3. The number of ether oxygens (including phenoxy) is 1. The van der Waals surface area contributed by atoms with Gasteiger partial charge in [-0.05, 0) is 38.9 Å². The fraction of sp³-hybridized carbons (Fsp3) is 0.500. The van der Waals surface area contributed by atoms with Crippen LogP contribution in [0.5, 0.6) is 5.75 Å². The van der Waals surface area contributed by atoms with Crippen molar-refractivity contribution in [3.63, 3.8) is 0 Å². The van der Waals surface area contributed by atoms with Gasteiger partial charge < -0.3 is 10.5 Å². The minimum Gasteiger partial charge on any atom is -0.493 e. The molecule has 2 N–H and O–H groups in total. The van der Waals surface area contributed by atoms with Crippen molar-refractivity contribution in [1.82, 2.24) is 4.57 Å². The molecule has 1 heterocycles. The molecule has 4 heteroatoms. The van der Waals surface area contributed by atoms with Gasteiger partial charge in [-0.1, -0.05) is 0 Å². The molecule has 4 nitrogen and oxygen atoms in total. The van der Waals surface area contributed by atoms with Crippen LogP contribution in [-0.2, 0) is 13.1 Å². The molecule has 2 rings (SSSR count). The van der Waals surface area contributed by atoms with Crippen LogP contribution in [0.3, 0.4) is 0 Å². The molecule has 0 atom stereocenters. The number of aryl methyl sites for hydroxylation is 2. The summed E-state index contributed by atoms with van der Waals surface area (Å²) in [6.45, 7) is 7.62. The number of nitrogens with zero attached hydrogens (tertiary/aromatic N) is 2. The summed E-state index contributed by atoms with van der Waals surface area (Å²) in [5.41, 5.74) is 7.94. The van der Waals surface area contributed by atoms with Crippen LogP contribution < -0.4 is 15.0 Å². The molecule has 0 saturated carbocycles. The monoisotopic (exact) mass is 248 g/mol. The Morgan fingerprint density at radius 3 is 2.83 bits per heavy atom. The number of fused-ring (bicyclic) bond motifs is 1. The molecule has 0 aliphatic heterocycles. The van der Waals surface area contributed by atoms with Gasteiger partial charge in [-0.2, -0.15) is 0 Å². The second kappa shape index (κ2) is 5.87. The zero-order valence-corrected chi connectivity index (χ0v) is 11.2. The average Bonchev–Trinajstić information content (AvgIpc) is 2.76. The Labute approximate surface area is 108 Å². The third-order valence-electron chi connectivity index (χ3n) is 3.14. The summed E-state index contributed by atoms with van der Waals surface area (Å²) >= 11 is 0. The largest absolute Gasteiger partial charge is 0.493 e. The lowest BCUT2D eigenvalue weighted by Gasteiger charge is -2.04. The Hall–Kier alpha value is -1.55. The highest BCUT2D eigenvalue weighted by molar-refractivity contribution is 5.73. The van der Waals surface area contributed by atoms with Gasteiger partial charge in [0.15, 0.2) is 11.0 Å². The number of rotatable bonds is 6. The molecule has 0 aliphatic carbocycles. The maximum Gasteiger partial charge on any atom is 0.244 e. The Morgan fingerprint density at radius 2 is 2.17 bits per heavy atom. The molecule has 2 aromatic rings. The zero-order valence-electron chi connectivity index (χ0n) is 11.2. The number of aromatic nitrogens is 2. The molecule has 0 fully saturated rings. The van der Waals surface area contributed by atoms with Crippen molar-refractivity contribution in [2.75, 3.05) is 13.2 Å². The van der Waals surface area contributed by atoms with Crippen molar-refractivity contribution in [3.05, 3.63) is 24.5 Å². The molecule has 0 amide bonds. The average molecular weight is 248 g/mol. The Balaban J connectivity index is 2.31. The predicted molar refractivity (Wildman–Crippen MR) is 72.6 cm³/mol. The minimum absolute atomic E-state index is 0.670. The maximum absolute atomic E-state index is 5.69. The van der Waals surface area contributed by atoms with Crippen LogP contribution in [-0.4, -0.2) is 17.7 Å². The van der Waals surface area contributed by atoms with E-state index in [1.54, 1.807) is 0 Å². The highest BCUT2D eigenvalue weighted by atomic mass is 16.5. The van der Waals surface area contributed by atoms with Gasteiger partial charge in [0.25, 0.3) is 0 Å². The highest BCUT2D eigenvalue weighted by Gasteiger charge is 2.14. The molecule has 0 spiro atoms. The first kappa shape index (κ1) is 12.9. The lowest BCUT2D eigenvalue weighted by molar-refractivity contribution is -0.668.